The van der Waals surface area contributed by atoms with E-state index in [2.05, 4.69) is 5.32 Å². The summed E-state index contributed by atoms with van der Waals surface area (Å²) in [5.74, 6) is 0.124. The summed E-state index contributed by atoms with van der Waals surface area (Å²) in [6.07, 6.45) is 0.989. The van der Waals surface area contributed by atoms with Crippen LogP contribution in [-0.4, -0.2) is 37.5 Å². The molecule has 0 unspecified atom stereocenters. The van der Waals surface area contributed by atoms with E-state index >= 15 is 0 Å². The summed E-state index contributed by atoms with van der Waals surface area (Å²) in [4.78, 5) is 14.0. The molecule has 1 aromatic carbocycles. The molecule has 0 aliphatic carbocycles. The first-order chi connectivity index (χ1) is 7.79. The van der Waals surface area contributed by atoms with Gasteiger partial charge in [-0.15, -0.1) is 0 Å². The van der Waals surface area contributed by atoms with E-state index in [4.69, 9.17) is 0 Å². The second-order valence-electron chi connectivity index (χ2n) is 3.71. The first-order valence-corrected chi connectivity index (χ1v) is 5.78. The highest BCUT2D eigenvalue weighted by Crippen LogP contribution is 2.04. The lowest BCUT2D eigenvalue weighted by Crippen LogP contribution is -2.33. The van der Waals surface area contributed by atoms with Gasteiger partial charge in [0.2, 0.25) is 0 Å². The van der Waals surface area contributed by atoms with Crippen molar-refractivity contribution in [3.63, 3.8) is 0 Å². The van der Waals surface area contributed by atoms with E-state index in [1.165, 1.54) is 0 Å². The quantitative estimate of drug-likeness (QED) is 0.741. The number of nitrogens with zero attached hydrogens (tertiary/aromatic N) is 1. The smallest absolute Gasteiger partial charge is 0.253 e. The molecule has 1 aromatic rings. The van der Waals surface area contributed by atoms with Crippen LogP contribution < -0.4 is 5.32 Å². The van der Waals surface area contributed by atoms with Crippen LogP contribution in [0.4, 0.5) is 0 Å². The Hall–Kier alpha value is -1.35. The van der Waals surface area contributed by atoms with Crippen LogP contribution in [0.25, 0.3) is 0 Å². The van der Waals surface area contributed by atoms with Gasteiger partial charge in [-0.1, -0.05) is 18.2 Å². The monoisotopic (exact) mass is 220 g/mol. The Morgan fingerprint density at radius 2 is 2.00 bits per heavy atom. The van der Waals surface area contributed by atoms with Crippen LogP contribution in [0.5, 0.6) is 0 Å². The Labute approximate surface area is 97.5 Å². The average molecular weight is 220 g/mol. The zero-order valence-corrected chi connectivity index (χ0v) is 10.1. The molecule has 1 amide bonds. The predicted octanol–water partition coefficient (Wildman–Crippen LogP) is 1.76. The van der Waals surface area contributed by atoms with E-state index < -0.39 is 0 Å². The molecule has 88 valence electrons. The SMILES string of the molecule is CCN(CCCNC)C(=O)c1ccccc1. The molecule has 0 saturated carbocycles. The summed E-state index contributed by atoms with van der Waals surface area (Å²) in [5.41, 5.74) is 0.772. The predicted molar refractivity (Wildman–Crippen MR) is 66.6 cm³/mol. The lowest BCUT2D eigenvalue weighted by molar-refractivity contribution is 0.0763. The summed E-state index contributed by atoms with van der Waals surface area (Å²) < 4.78 is 0. The maximum absolute atomic E-state index is 12.1. The standard InChI is InChI=1S/C13H20N2O/c1-3-15(11-7-10-14-2)13(16)12-8-5-4-6-9-12/h4-6,8-9,14H,3,7,10-11H2,1-2H3. The van der Waals surface area contributed by atoms with Crippen LogP contribution in [0.15, 0.2) is 30.3 Å². The molecule has 0 spiro atoms. The highest BCUT2D eigenvalue weighted by Gasteiger charge is 2.12. The van der Waals surface area contributed by atoms with Gasteiger partial charge in [0.15, 0.2) is 0 Å². The number of carbonyl (C=O) groups excluding carboxylic acids is 1. The van der Waals surface area contributed by atoms with Gasteiger partial charge in [0.1, 0.15) is 0 Å². The molecule has 0 aliphatic rings. The van der Waals surface area contributed by atoms with E-state index in [1.807, 2.05) is 49.2 Å². The Morgan fingerprint density at radius 1 is 1.31 bits per heavy atom. The maximum Gasteiger partial charge on any atom is 0.253 e. The van der Waals surface area contributed by atoms with Crippen molar-refractivity contribution in [2.24, 2.45) is 0 Å². The zero-order valence-electron chi connectivity index (χ0n) is 10.1. The minimum Gasteiger partial charge on any atom is -0.339 e. The van der Waals surface area contributed by atoms with Gasteiger partial charge in [0, 0.05) is 18.7 Å². The fourth-order valence-electron chi connectivity index (χ4n) is 1.61. The zero-order chi connectivity index (χ0) is 11.8. The summed E-state index contributed by atoms with van der Waals surface area (Å²) >= 11 is 0. The van der Waals surface area contributed by atoms with Gasteiger partial charge >= 0.3 is 0 Å². The molecule has 16 heavy (non-hydrogen) atoms. The number of nitrogens with one attached hydrogen (secondary N) is 1. The molecule has 0 atom stereocenters. The van der Waals surface area contributed by atoms with Crippen molar-refractivity contribution >= 4 is 5.91 Å². The van der Waals surface area contributed by atoms with Crippen molar-refractivity contribution in [1.82, 2.24) is 10.2 Å². The van der Waals surface area contributed by atoms with E-state index in [9.17, 15) is 4.79 Å². The molecule has 1 rings (SSSR count). The largest absolute Gasteiger partial charge is 0.339 e. The number of hydrogen-bond donors (Lipinski definition) is 1. The molecule has 0 aliphatic heterocycles. The van der Waals surface area contributed by atoms with Gasteiger partial charge in [-0.2, -0.15) is 0 Å². The fraction of sp³-hybridized carbons (Fsp3) is 0.462. The topological polar surface area (TPSA) is 32.3 Å². The van der Waals surface area contributed by atoms with Crippen LogP contribution in [0, 0.1) is 0 Å². The second kappa shape index (κ2) is 7.01. The highest BCUT2D eigenvalue weighted by atomic mass is 16.2. The number of hydrogen-bond acceptors (Lipinski definition) is 2. The molecule has 0 radical (unpaired) electrons. The Morgan fingerprint density at radius 3 is 2.56 bits per heavy atom. The van der Waals surface area contributed by atoms with E-state index in [0.717, 1.165) is 31.6 Å². The van der Waals surface area contributed by atoms with Crippen molar-refractivity contribution in [3.8, 4) is 0 Å². The van der Waals surface area contributed by atoms with Crippen LogP contribution in [-0.2, 0) is 0 Å². The van der Waals surface area contributed by atoms with Gasteiger partial charge in [0.25, 0.3) is 5.91 Å². The molecular weight excluding hydrogens is 200 g/mol. The highest BCUT2D eigenvalue weighted by molar-refractivity contribution is 5.94. The maximum atomic E-state index is 12.1. The second-order valence-corrected chi connectivity index (χ2v) is 3.71. The van der Waals surface area contributed by atoms with Crippen molar-refractivity contribution in [2.45, 2.75) is 13.3 Å². The molecule has 3 nitrogen and oxygen atoms in total. The molecular formula is C13H20N2O. The first kappa shape index (κ1) is 12.7. The minimum absolute atomic E-state index is 0.124. The van der Waals surface area contributed by atoms with Crippen LogP contribution >= 0.6 is 0 Å². The summed E-state index contributed by atoms with van der Waals surface area (Å²) in [7, 11) is 1.93. The molecule has 0 fully saturated rings. The third-order valence-corrected chi connectivity index (χ3v) is 2.54. The molecule has 1 N–H and O–H groups in total. The first-order valence-electron chi connectivity index (χ1n) is 5.78. The van der Waals surface area contributed by atoms with Crippen LogP contribution in [0.3, 0.4) is 0 Å². The summed E-state index contributed by atoms with van der Waals surface area (Å²) in [6.45, 7) is 4.53. The van der Waals surface area contributed by atoms with E-state index in [-0.39, 0.29) is 5.91 Å². The molecule has 0 saturated heterocycles. The van der Waals surface area contributed by atoms with Gasteiger partial charge < -0.3 is 10.2 Å². The Bertz CT molecular complexity index is 311. The van der Waals surface area contributed by atoms with Crippen LogP contribution in [0.1, 0.15) is 23.7 Å². The fourth-order valence-corrected chi connectivity index (χ4v) is 1.61. The summed E-state index contributed by atoms with van der Waals surface area (Å²) in [5, 5.41) is 3.09. The van der Waals surface area contributed by atoms with E-state index in [1.54, 1.807) is 0 Å². The van der Waals surface area contributed by atoms with Crippen molar-refractivity contribution in [3.05, 3.63) is 35.9 Å². The molecule has 0 bridgehead atoms. The number of carbonyl (C=O) groups is 1. The van der Waals surface area contributed by atoms with Gasteiger partial charge in [0.05, 0.1) is 0 Å². The van der Waals surface area contributed by atoms with E-state index in [0.29, 0.717) is 0 Å². The Balaban J connectivity index is 2.56. The third-order valence-electron chi connectivity index (χ3n) is 2.54. The number of rotatable bonds is 6. The average Bonchev–Trinajstić information content (AvgIpc) is 2.35. The normalized spacial score (nSPS) is 10.1. The van der Waals surface area contributed by atoms with Crippen LogP contribution in [0.2, 0.25) is 0 Å². The number of benzene rings is 1. The Kier molecular flexibility index (Phi) is 5.57. The lowest BCUT2D eigenvalue weighted by Gasteiger charge is -2.20. The van der Waals surface area contributed by atoms with Crippen molar-refractivity contribution in [1.29, 1.82) is 0 Å². The van der Waals surface area contributed by atoms with Crippen molar-refractivity contribution < 1.29 is 4.79 Å². The van der Waals surface area contributed by atoms with Gasteiger partial charge in [-0.05, 0) is 39.1 Å². The van der Waals surface area contributed by atoms with Gasteiger partial charge in [-0.25, -0.2) is 0 Å². The number of amides is 1. The third kappa shape index (κ3) is 3.66. The summed E-state index contributed by atoms with van der Waals surface area (Å²) in [6, 6.07) is 9.45. The minimum atomic E-state index is 0.124. The molecule has 0 heterocycles. The van der Waals surface area contributed by atoms with Gasteiger partial charge in [-0.3, -0.25) is 4.79 Å². The lowest BCUT2D eigenvalue weighted by atomic mass is 10.2. The van der Waals surface area contributed by atoms with Crippen molar-refractivity contribution in [2.75, 3.05) is 26.7 Å². The molecule has 3 heteroatoms. The molecule has 0 aromatic heterocycles.